The van der Waals surface area contributed by atoms with Gasteiger partial charge in [-0.3, -0.25) is 4.79 Å². The van der Waals surface area contributed by atoms with E-state index >= 15 is 0 Å². The number of alkyl halides is 3. The Bertz CT molecular complexity index is 1200. The van der Waals surface area contributed by atoms with Gasteiger partial charge in [0.25, 0.3) is 0 Å². The second-order valence-electron chi connectivity index (χ2n) is 7.13. The van der Waals surface area contributed by atoms with Crippen molar-refractivity contribution in [1.29, 1.82) is 0 Å². The van der Waals surface area contributed by atoms with E-state index in [1.165, 1.54) is 18.2 Å². The standard InChI is InChI=1S/C23H20ClF3N2O3S/c24-21-12-11-18(15-20(21)23(25,26)27)28-22(30)16-29(14-13-17-7-3-1-4-8-17)33(31,32)19-9-5-2-6-10-19/h1-12,15H,13-14,16H2,(H,28,30). The minimum Gasteiger partial charge on any atom is -0.325 e. The summed E-state index contributed by atoms with van der Waals surface area (Å²) in [6.07, 6.45) is -4.35. The van der Waals surface area contributed by atoms with Crippen LogP contribution in [0.15, 0.2) is 83.8 Å². The van der Waals surface area contributed by atoms with Crippen molar-refractivity contribution in [2.75, 3.05) is 18.4 Å². The molecule has 5 nitrogen and oxygen atoms in total. The molecule has 33 heavy (non-hydrogen) atoms. The van der Waals surface area contributed by atoms with Crippen molar-refractivity contribution in [2.24, 2.45) is 0 Å². The van der Waals surface area contributed by atoms with Crippen molar-refractivity contribution in [3.8, 4) is 0 Å². The highest BCUT2D eigenvalue weighted by molar-refractivity contribution is 7.89. The van der Waals surface area contributed by atoms with Gasteiger partial charge in [-0.1, -0.05) is 60.1 Å². The Labute approximate surface area is 194 Å². The summed E-state index contributed by atoms with van der Waals surface area (Å²) in [5.74, 6) is -0.780. The molecule has 0 aliphatic carbocycles. The zero-order valence-corrected chi connectivity index (χ0v) is 18.8. The molecular formula is C23H20ClF3N2O3S. The number of carbonyl (C=O) groups excluding carboxylic acids is 1. The molecule has 0 atom stereocenters. The zero-order chi connectivity index (χ0) is 24.1. The molecule has 3 aromatic carbocycles. The summed E-state index contributed by atoms with van der Waals surface area (Å²) >= 11 is 5.61. The molecule has 3 aromatic rings. The monoisotopic (exact) mass is 496 g/mol. The average Bonchev–Trinajstić information content (AvgIpc) is 2.78. The van der Waals surface area contributed by atoms with Gasteiger partial charge in [0.1, 0.15) is 0 Å². The van der Waals surface area contributed by atoms with Crippen LogP contribution in [0.1, 0.15) is 11.1 Å². The summed E-state index contributed by atoms with van der Waals surface area (Å²) < 4.78 is 66.6. The zero-order valence-electron chi connectivity index (χ0n) is 17.2. The predicted molar refractivity (Wildman–Crippen MR) is 120 cm³/mol. The molecule has 0 radical (unpaired) electrons. The van der Waals surface area contributed by atoms with Crippen LogP contribution in [-0.4, -0.2) is 31.7 Å². The van der Waals surface area contributed by atoms with E-state index in [1.807, 2.05) is 30.3 Å². The lowest BCUT2D eigenvalue weighted by Gasteiger charge is -2.22. The minimum absolute atomic E-state index is 0.00306. The number of halogens is 4. The third-order valence-corrected chi connectivity index (χ3v) is 6.94. The van der Waals surface area contributed by atoms with Crippen LogP contribution in [0.3, 0.4) is 0 Å². The number of rotatable bonds is 8. The van der Waals surface area contributed by atoms with Gasteiger partial charge in [0, 0.05) is 12.2 Å². The van der Waals surface area contributed by atoms with Gasteiger partial charge < -0.3 is 5.32 Å². The fourth-order valence-corrected chi connectivity index (χ4v) is 4.75. The van der Waals surface area contributed by atoms with Crippen LogP contribution >= 0.6 is 11.6 Å². The Morgan fingerprint density at radius 1 is 0.939 bits per heavy atom. The number of nitrogens with zero attached hydrogens (tertiary/aromatic N) is 1. The van der Waals surface area contributed by atoms with E-state index in [0.29, 0.717) is 12.5 Å². The number of sulfonamides is 1. The summed E-state index contributed by atoms with van der Waals surface area (Å²) in [7, 11) is -4.03. The van der Waals surface area contributed by atoms with E-state index in [1.54, 1.807) is 18.2 Å². The Hall–Kier alpha value is -2.88. The third kappa shape index (κ3) is 6.56. The van der Waals surface area contributed by atoms with Crippen LogP contribution in [0.4, 0.5) is 18.9 Å². The molecule has 0 saturated carbocycles. The van der Waals surface area contributed by atoms with Crippen LogP contribution < -0.4 is 5.32 Å². The molecule has 0 bridgehead atoms. The summed E-state index contributed by atoms with van der Waals surface area (Å²) in [6.45, 7) is -0.572. The number of hydrogen-bond acceptors (Lipinski definition) is 3. The SMILES string of the molecule is O=C(CN(CCc1ccccc1)S(=O)(=O)c1ccccc1)Nc1ccc(Cl)c(C(F)(F)F)c1. The predicted octanol–water partition coefficient (Wildman–Crippen LogP) is 5.23. The molecule has 0 spiro atoms. The Kier molecular flexibility index (Phi) is 7.78. The molecule has 10 heteroatoms. The van der Waals surface area contributed by atoms with Crippen molar-refractivity contribution in [3.63, 3.8) is 0 Å². The molecule has 0 aliphatic heterocycles. The number of nitrogens with one attached hydrogen (secondary N) is 1. The average molecular weight is 497 g/mol. The molecule has 0 fully saturated rings. The highest BCUT2D eigenvalue weighted by atomic mass is 35.5. The van der Waals surface area contributed by atoms with Crippen LogP contribution in [-0.2, 0) is 27.4 Å². The quantitative estimate of drug-likeness (QED) is 0.464. The van der Waals surface area contributed by atoms with Crippen LogP contribution in [0, 0.1) is 0 Å². The van der Waals surface area contributed by atoms with Gasteiger partial charge in [-0.15, -0.1) is 0 Å². The van der Waals surface area contributed by atoms with Crippen LogP contribution in [0.25, 0.3) is 0 Å². The highest BCUT2D eigenvalue weighted by Gasteiger charge is 2.33. The van der Waals surface area contributed by atoms with Crippen molar-refractivity contribution in [3.05, 3.63) is 95.0 Å². The molecule has 1 N–H and O–H groups in total. The summed E-state index contributed by atoms with van der Waals surface area (Å²) in [5, 5.41) is 1.83. The van der Waals surface area contributed by atoms with Gasteiger partial charge >= 0.3 is 6.18 Å². The Morgan fingerprint density at radius 2 is 1.55 bits per heavy atom. The maximum atomic E-state index is 13.2. The number of anilines is 1. The first-order chi connectivity index (χ1) is 15.6. The molecule has 0 unspecified atom stereocenters. The van der Waals surface area contributed by atoms with E-state index < -0.39 is 39.2 Å². The number of amides is 1. The van der Waals surface area contributed by atoms with Gasteiger partial charge in [-0.05, 0) is 42.3 Å². The Balaban J connectivity index is 1.81. The first-order valence-corrected chi connectivity index (χ1v) is 11.6. The number of benzene rings is 3. The molecule has 0 saturated heterocycles. The van der Waals surface area contributed by atoms with Gasteiger partial charge in [-0.25, -0.2) is 8.42 Å². The lowest BCUT2D eigenvalue weighted by molar-refractivity contribution is -0.137. The maximum Gasteiger partial charge on any atom is 0.417 e. The molecular weight excluding hydrogens is 477 g/mol. The van der Waals surface area contributed by atoms with Crippen molar-refractivity contribution < 1.29 is 26.4 Å². The summed E-state index contributed by atoms with van der Waals surface area (Å²) in [4.78, 5) is 12.6. The summed E-state index contributed by atoms with van der Waals surface area (Å²) in [6, 6.07) is 19.7. The van der Waals surface area contributed by atoms with Gasteiger partial charge in [0.2, 0.25) is 15.9 Å². The van der Waals surface area contributed by atoms with Gasteiger partial charge in [-0.2, -0.15) is 17.5 Å². The van der Waals surface area contributed by atoms with Crippen molar-refractivity contribution in [2.45, 2.75) is 17.5 Å². The van der Waals surface area contributed by atoms with Crippen LogP contribution in [0.5, 0.6) is 0 Å². The Morgan fingerprint density at radius 3 is 2.15 bits per heavy atom. The first kappa shape index (κ1) is 24.8. The first-order valence-electron chi connectivity index (χ1n) is 9.83. The molecule has 0 heterocycles. The lowest BCUT2D eigenvalue weighted by Crippen LogP contribution is -2.39. The van der Waals surface area contributed by atoms with Crippen molar-refractivity contribution >= 4 is 33.2 Å². The van der Waals surface area contributed by atoms with E-state index in [-0.39, 0.29) is 17.1 Å². The molecule has 174 valence electrons. The second-order valence-corrected chi connectivity index (χ2v) is 9.47. The molecule has 1 amide bonds. The fraction of sp³-hybridized carbons (Fsp3) is 0.174. The van der Waals surface area contributed by atoms with Gasteiger partial charge in [0.15, 0.2) is 0 Å². The third-order valence-electron chi connectivity index (χ3n) is 4.75. The number of carbonyl (C=O) groups is 1. The van der Waals surface area contributed by atoms with E-state index in [0.717, 1.165) is 15.9 Å². The largest absolute Gasteiger partial charge is 0.417 e. The highest BCUT2D eigenvalue weighted by Crippen LogP contribution is 2.36. The number of hydrogen-bond donors (Lipinski definition) is 1. The molecule has 3 rings (SSSR count). The van der Waals surface area contributed by atoms with Crippen molar-refractivity contribution in [1.82, 2.24) is 4.31 Å². The minimum atomic E-state index is -4.70. The normalized spacial score (nSPS) is 12.0. The smallest absolute Gasteiger partial charge is 0.325 e. The lowest BCUT2D eigenvalue weighted by atomic mass is 10.1. The van der Waals surface area contributed by atoms with Gasteiger partial charge in [0.05, 0.1) is 22.0 Å². The van der Waals surface area contributed by atoms with Crippen LogP contribution in [0.2, 0.25) is 5.02 Å². The summed E-state index contributed by atoms with van der Waals surface area (Å²) in [5.41, 5.74) is -0.365. The van der Waals surface area contributed by atoms with E-state index in [9.17, 15) is 26.4 Å². The molecule has 0 aromatic heterocycles. The second kappa shape index (κ2) is 10.4. The van der Waals surface area contributed by atoms with E-state index in [2.05, 4.69) is 5.32 Å². The van der Waals surface area contributed by atoms with E-state index in [4.69, 9.17) is 11.6 Å². The maximum absolute atomic E-state index is 13.2. The fourth-order valence-electron chi connectivity index (χ4n) is 3.11. The topological polar surface area (TPSA) is 66.5 Å². The molecule has 0 aliphatic rings.